The van der Waals surface area contributed by atoms with E-state index in [0.717, 1.165) is 0 Å². The summed E-state index contributed by atoms with van der Waals surface area (Å²) in [4.78, 5) is 26.4. The van der Waals surface area contributed by atoms with E-state index in [9.17, 15) is 14.9 Å². The zero-order chi connectivity index (χ0) is 17.4. The third-order valence-electron chi connectivity index (χ3n) is 3.70. The van der Waals surface area contributed by atoms with E-state index in [0.29, 0.717) is 37.7 Å². The number of amides is 1. The number of rotatable bonds is 2. The molecule has 0 unspecified atom stereocenters. The molecule has 2 rings (SSSR count). The van der Waals surface area contributed by atoms with Gasteiger partial charge < -0.3 is 14.5 Å². The second kappa shape index (κ2) is 6.05. The molecule has 1 aromatic rings. The van der Waals surface area contributed by atoms with Gasteiger partial charge in [-0.1, -0.05) is 0 Å². The first-order valence-electron chi connectivity index (χ1n) is 7.51. The Morgan fingerprint density at radius 1 is 1.26 bits per heavy atom. The van der Waals surface area contributed by atoms with Crippen LogP contribution in [0.3, 0.4) is 0 Å². The van der Waals surface area contributed by atoms with Crippen LogP contribution in [0.25, 0.3) is 0 Å². The fraction of sp³-hybridized carbons (Fsp3) is 0.714. The molecular weight excluding hydrogens is 302 g/mol. The lowest BCUT2D eigenvalue weighted by Crippen LogP contribution is -2.50. The number of carbonyl (C=O) groups excluding carboxylic acids is 1. The van der Waals surface area contributed by atoms with Crippen LogP contribution in [-0.2, 0) is 11.8 Å². The Balaban J connectivity index is 2.07. The monoisotopic (exact) mass is 325 g/mol. The van der Waals surface area contributed by atoms with Crippen LogP contribution < -0.4 is 4.90 Å². The quantitative estimate of drug-likeness (QED) is 0.607. The van der Waals surface area contributed by atoms with Crippen LogP contribution in [-0.4, -0.2) is 57.5 Å². The van der Waals surface area contributed by atoms with E-state index in [1.807, 2.05) is 25.7 Å². The first-order chi connectivity index (χ1) is 10.6. The smallest absolute Gasteiger partial charge is 0.410 e. The van der Waals surface area contributed by atoms with Gasteiger partial charge in [-0.2, -0.15) is 0 Å². The molecule has 0 N–H and O–H groups in total. The molecule has 128 valence electrons. The Morgan fingerprint density at radius 3 is 2.30 bits per heavy atom. The van der Waals surface area contributed by atoms with Crippen molar-refractivity contribution in [3.8, 4) is 0 Å². The molecule has 1 fully saturated rings. The van der Waals surface area contributed by atoms with Crippen molar-refractivity contribution in [2.24, 2.45) is 7.05 Å². The highest BCUT2D eigenvalue weighted by molar-refractivity contribution is 5.69. The molecule has 0 saturated carbocycles. The van der Waals surface area contributed by atoms with Gasteiger partial charge in [0.05, 0.1) is 4.92 Å². The molecular formula is C14H23N5O4. The molecule has 0 aliphatic carbocycles. The van der Waals surface area contributed by atoms with Crippen LogP contribution in [0.15, 0.2) is 0 Å². The normalized spacial score (nSPS) is 15.7. The van der Waals surface area contributed by atoms with Gasteiger partial charge in [0.15, 0.2) is 0 Å². The number of aromatic nitrogens is 2. The van der Waals surface area contributed by atoms with Gasteiger partial charge in [0.2, 0.25) is 5.82 Å². The summed E-state index contributed by atoms with van der Waals surface area (Å²) in [7, 11) is 1.68. The summed E-state index contributed by atoms with van der Waals surface area (Å²) >= 11 is 0. The highest BCUT2D eigenvalue weighted by Crippen LogP contribution is 2.30. The Kier molecular flexibility index (Phi) is 4.49. The van der Waals surface area contributed by atoms with E-state index in [1.54, 1.807) is 18.9 Å². The number of piperazine rings is 1. The first kappa shape index (κ1) is 17.0. The molecule has 0 bridgehead atoms. The van der Waals surface area contributed by atoms with Crippen molar-refractivity contribution < 1.29 is 14.5 Å². The minimum atomic E-state index is -0.537. The lowest BCUT2D eigenvalue weighted by Gasteiger charge is -2.35. The third-order valence-corrected chi connectivity index (χ3v) is 3.70. The summed E-state index contributed by atoms with van der Waals surface area (Å²) in [5.41, 5.74) is 0.00301. The predicted octanol–water partition coefficient (Wildman–Crippen LogP) is 1.69. The molecule has 9 nitrogen and oxygen atoms in total. The molecule has 0 atom stereocenters. The molecule has 1 amide bonds. The minimum absolute atomic E-state index is 0.0261. The molecule has 0 aromatic carbocycles. The SMILES string of the molecule is Cc1c([N+](=O)[O-])c(N2CCN(C(=O)OC(C)(C)C)CC2)nn1C. The van der Waals surface area contributed by atoms with Gasteiger partial charge in [0.25, 0.3) is 0 Å². The van der Waals surface area contributed by atoms with Crippen molar-refractivity contribution in [1.29, 1.82) is 0 Å². The molecule has 1 aliphatic rings. The summed E-state index contributed by atoms with van der Waals surface area (Å²) < 4.78 is 6.85. The molecule has 1 aliphatic heterocycles. The van der Waals surface area contributed by atoms with E-state index in [-0.39, 0.29) is 11.8 Å². The topological polar surface area (TPSA) is 93.7 Å². The second-order valence-electron chi connectivity index (χ2n) is 6.59. The number of nitrogens with zero attached hydrogens (tertiary/aromatic N) is 5. The summed E-state index contributed by atoms with van der Waals surface area (Å²) in [5, 5.41) is 15.5. The summed E-state index contributed by atoms with van der Waals surface area (Å²) in [6.07, 6.45) is -0.358. The van der Waals surface area contributed by atoms with Gasteiger partial charge in [-0.15, -0.1) is 5.10 Å². The standard InChI is InChI=1S/C14H23N5O4/c1-10-11(19(21)22)12(15-16(10)5)17-6-8-18(9-7-17)13(20)23-14(2,3)4/h6-9H2,1-5H3. The van der Waals surface area contributed by atoms with Crippen LogP contribution in [0.1, 0.15) is 26.5 Å². The van der Waals surface area contributed by atoms with Crippen LogP contribution in [0.5, 0.6) is 0 Å². The number of hydrogen-bond acceptors (Lipinski definition) is 6. The van der Waals surface area contributed by atoms with Crippen molar-refractivity contribution in [2.75, 3.05) is 31.1 Å². The van der Waals surface area contributed by atoms with E-state index in [1.165, 1.54) is 4.68 Å². The first-order valence-corrected chi connectivity index (χ1v) is 7.51. The van der Waals surface area contributed by atoms with Crippen LogP contribution in [0.2, 0.25) is 0 Å². The summed E-state index contributed by atoms with van der Waals surface area (Å²) in [6, 6.07) is 0. The van der Waals surface area contributed by atoms with Crippen molar-refractivity contribution in [3.05, 3.63) is 15.8 Å². The molecule has 9 heteroatoms. The fourth-order valence-electron chi connectivity index (χ4n) is 2.43. The maximum atomic E-state index is 12.0. The fourth-order valence-corrected chi connectivity index (χ4v) is 2.43. The number of anilines is 1. The van der Waals surface area contributed by atoms with Gasteiger partial charge in [0.1, 0.15) is 11.3 Å². The largest absolute Gasteiger partial charge is 0.444 e. The van der Waals surface area contributed by atoms with Crippen molar-refractivity contribution in [1.82, 2.24) is 14.7 Å². The molecule has 1 aromatic heterocycles. The minimum Gasteiger partial charge on any atom is -0.444 e. The molecule has 0 spiro atoms. The van der Waals surface area contributed by atoms with Crippen molar-refractivity contribution >= 4 is 17.6 Å². The Morgan fingerprint density at radius 2 is 1.83 bits per heavy atom. The van der Waals surface area contributed by atoms with Gasteiger partial charge >= 0.3 is 11.8 Å². The van der Waals surface area contributed by atoms with Crippen LogP contribution >= 0.6 is 0 Å². The van der Waals surface area contributed by atoms with Crippen LogP contribution in [0, 0.1) is 17.0 Å². The Labute approximate surface area is 134 Å². The number of hydrogen-bond donors (Lipinski definition) is 0. The second-order valence-corrected chi connectivity index (χ2v) is 6.59. The van der Waals surface area contributed by atoms with Gasteiger partial charge in [0, 0.05) is 33.2 Å². The molecule has 0 radical (unpaired) electrons. The van der Waals surface area contributed by atoms with E-state index < -0.39 is 10.5 Å². The number of ether oxygens (including phenoxy) is 1. The Bertz CT molecular complexity index is 611. The molecule has 1 saturated heterocycles. The van der Waals surface area contributed by atoms with E-state index in [4.69, 9.17) is 4.74 Å². The predicted molar refractivity (Wildman–Crippen MR) is 84.6 cm³/mol. The maximum absolute atomic E-state index is 12.0. The van der Waals surface area contributed by atoms with Gasteiger partial charge in [-0.25, -0.2) is 4.79 Å². The van der Waals surface area contributed by atoms with Crippen LogP contribution in [0.4, 0.5) is 16.3 Å². The zero-order valence-electron chi connectivity index (χ0n) is 14.2. The number of carbonyl (C=O) groups is 1. The zero-order valence-corrected chi connectivity index (χ0v) is 14.2. The number of aryl methyl sites for hydroxylation is 1. The average Bonchev–Trinajstić information content (AvgIpc) is 2.73. The highest BCUT2D eigenvalue weighted by Gasteiger charge is 2.32. The lowest BCUT2D eigenvalue weighted by molar-refractivity contribution is -0.384. The number of nitro groups is 1. The third kappa shape index (κ3) is 3.72. The molecule has 23 heavy (non-hydrogen) atoms. The average molecular weight is 325 g/mol. The van der Waals surface area contributed by atoms with Crippen molar-refractivity contribution in [3.63, 3.8) is 0 Å². The van der Waals surface area contributed by atoms with E-state index >= 15 is 0 Å². The lowest BCUT2D eigenvalue weighted by atomic mass is 10.2. The highest BCUT2D eigenvalue weighted by atomic mass is 16.6. The Hall–Kier alpha value is -2.32. The molecule has 2 heterocycles. The van der Waals surface area contributed by atoms with E-state index in [2.05, 4.69) is 5.10 Å². The maximum Gasteiger partial charge on any atom is 0.410 e. The summed E-state index contributed by atoms with van der Waals surface area (Å²) in [5.74, 6) is 0.360. The summed E-state index contributed by atoms with van der Waals surface area (Å²) in [6.45, 7) is 8.99. The van der Waals surface area contributed by atoms with Gasteiger partial charge in [-0.05, 0) is 27.7 Å². The van der Waals surface area contributed by atoms with Crippen molar-refractivity contribution in [2.45, 2.75) is 33.3 Å². The van der Waals surface area contributed by atoms with Gasteiger partial charge in [-0.3, -0.25) is 14.8 Å².